The van der Waals surface area contributed by atoms with Crippen molar-refractivity contribution in [1.29, 1.82) is 0 Å². The summed E-state index contributed by atoms with van der Waals surface area (Å²) in [7, 11) is 1.91. The second-order valence-electron chi connectivity index (χ2n) is 5.93. The summed E-state index contributed by atoms with van der Waals surface area (Å²) in [5, 5.41) is 15.2. The number of aliphatic hydroxyl groups is 1. The van der Waals surface area contributed by atoms with Gasteiger partial charge in [-0.1, -0.05) is 20.3 Å². The lowest BCUT2D eigenvalue weighted by atomic mass is 9.87. The average Bonchev–Trinajstić information content (AvgIpc) is 2.52. The molecule has 1 heterocycles. The Hall–Kier alpha value is -0.350. The summed E-state index contributed by atoms with van der Waals surface area (Å²) in [6, 6.07) is 0. The maximum Gasteiger partial charge on any atom is 0.107 e. The second kappa shape index (κ2) is 5.33. The first kappa shape index (κ1) is 14.1. The zero-order valence-corrected chi connectivity index (χ0v) is 13.1. The van der Waals surface area contributed by atoms with E-state index in [0.29, 0.717) is 5.92 Å². The molecule has 1 fully saturated rings. The molecule has 2 unspecified atom stereocenters. The van der Waals surface area contributed by atoms with Crippen molar-refractivity contribution in [3.05, 3.63) is 16.4 Å². The van der Waals surface area contributed by atoms with Crippen LogP contribution in [0.1, 0.15) is 51.6 Å². The van der Waals surface area contributed by atoms with Crippen LogP contribution in [0.4, 0.5) is 0 Å². The molecule has 1 N–H and O–H groups in total. The van der Waals surface area contributed by atoms with Crippen LogP contribution in [0.5, 0.6) is 0 Å². The van der Waals surface area contributed by atoms with Gasteiger partial charge in [0.1, 0.15) is 5.60 Å². The predicted octanol–water partition coefficient (Wildman–Crippen LogP) is 3.61. The zero-order valence-electron chi connectivity index (χ0n) is 11.5. The molecule has 0 aliphatic heterocycles. The Morgan fingerprint density at radius 2 is 2.17 bits per heavy atom. The third-order valence-electron chi connectivity index (χ3n) is 4.37. The van der Waals surface area contributed by atoms with E-state index in [2.05, 4.69) is 34.9 Å². The van der Waals surface area contributed by atoms with Crippen LogP contribution in [0.15, 0.2) is 10.7 Å². The Kier molecular flexibility index (Phi) is 4.17. The molecule has 2 rings (SSSR count). The van der Waals surface area contributed by atoms with Gasteiger partial charge in [0.25, 0.3) is 0 Å². The monoisotopic (exact) mass is 314 g/mol. The first-order valence-electron chi connectivity index (χ1n) is 6.84. The normalized spacial score (nSPS) is 29.6. The fourth-order valence-corrected chi connectivity index (χ4v) is 3.91. The van der Waals surface area contributed by atoms with Gasteiger partial charge in [0.15, 0.2) is 0 Å². The highest BCUT2D eigenvalue weighted by atomic mass is 79.9. The average molecular weight is 315 g/mol. The fourth-order valence-electron chi connectivity index (χ4n) is 3.19. The van der Waals surface area contributed by atoms with Gasteiger partial charge < -0.3 is 5.11 Å². The van der Waals surface area contributed by atoms with Crippen molar-refractivity contribution in [1.82, 2.24) is 9.78 Å². The molecular weight excluding hydrogens is 292 g/mol. The lowest BCUT2D eigenvalue weighted by Crippen LogP contribution is -2.28. The smallest absolute Gasteiger partial charge is 0.107 e. The van der Waals surface area contributed by atoms with Crippen LogP contribution in [-0.2, 0) is 12.6 Å². The molecule has 1 aliphatic carbocycles. The van der Waals surface area contributed by atoms with Crippen molar-refractivity contribution in [2.24, 2.45) is 18.9 Å². The third-order valence-corrected chi connectivity index (χ3v) is 4.95. The van der Waals surface area contributed by atoms with Gasteiger partial charge in [-0.25, -0.2) is 0 Å². The molecule has 1 aliphatic rings. The molecule has 4 heteroatoms. The van der Waals surface area contributed by atoms with Gasteiger partial charge in [-0.05, 0) is 53.4 Å². The Balaban J connectivity index is 2.22. The van der Waals surface area contributed by atoms with Gasteiger partial charge in [0, 0.05) is 7.05 Å². The number of halogens is 1. The Labute approximate surface area is 118 Å². The zero-order chi connectivity index (χ0) is 13.3. The minimum Gasteiger partial charge on any atom is -0.384 e. The molecule has 0 aromatic carbocycles. The number of hydrogen-bond acceptors (Lipinski definition) is 2. The molecule has 18 heavy (non-hydrogen) atoms. The van der Waals surface area contributed by atoms with Crippen molar-refractivity contribution >= 4 is 15.9 Å². The Bertz CT molecular complexity index is 396. The fraction of sp³-hybridized carbons (Fsp3) is 0.786. The summed E-state index contributed by atoms with van der Waals surface area (Å²) in [4.78, 5) is 0. The van der Waals surface area contributed by atoms with Crippen molar-refractivity contribution < 1.29 is 5.11 Å². The van der Waals surface area contributed by atoms with E-state index in [1.165, 1.54) is 6.42 Å². The summed E-state index contributed by atoms with van der Waals surface area (Å²) >= 11 is 3.51. The van der Waals surface area contributed by atoms with Crippen LogP contribution in [0, 0.1) is 11.8 Å². The molecule has 1 aromatic heterocycles. The summed E-state index contributed by atoms with van der Waals surface area (Å²) in [5.41, 5.74) is 0.222. The van der Waals surface area contributed by atoms with Gasteiger partial charge in [-0.2, -0.15) is 5.10 Å². The molecule has 1 saturated carbocycles. The summed E-state index contributed by atoms with van der Waals surface area (Å²) in [6.07, 6.45) is 6.89. The number of rotatable bonds is 2. The summed E-state index contributed by atoms with van der Waals surface area (Å²) in [6.45, 7) is 4.57. The third kappa shape index (κ3) is 2.64. The number of nitrogens with zero attached hydrogens (tertiary/aromatic N) is 2. The summed E-state index contributed by atoms with van der Waals surface area (Å²) < 4.78 is 2.73. The number of aromatic nitrogens is 2. The first-order chi connectivity index (χ1) is 8.44. The van der Waals surface area contributed by atoms with Gasteiger partial charge in [0.2, 0.25) is 0 Å². The van der Waals surface area contributed by atoms with Crippen molar-refractivity contribution in [2.45, 2.75) is 51.6 Å². The highest BCUT2D eigenvalue weighted by Gasteiger charge is 2.37. The molecule has 2 atom stereocenters. The van der Waals surface area contributed by atoms with E-state index in [1.807, 2.05) is 7.05 Å². The van der Waals surface area contributed by atoms with E-state index in [1.54, 1.807) is 10.9 Å². The number of aryl methyl sites for hydroxylation is 1. The molecule has 102 valence electrons. The lowest BCUT2D eigenvalue weighted by Gasteiger charge is -2.28. The largest absolute Gasteiger partial charge is 0.384 e. The Morgan fingerprint density at radius 1 is 1.44 bits per heavy atom. The van der Waals surface area contributed by atoms with Crippen molar-refractivity contribution in [3.8, 4) is 0 Å². The van der Waals surface area contributed by atoms with E-state index in [9.17, 15) is 5.11 Å². The van der Waals surface area contributed by atoms with Crippen LogP contribution in [0.3, 0.4) is 0 Å². The second-order valence-corrected chi connectivity index (χ2v) is 6.79. The maximum absolute atomic E-state index is 11.0. The molecule has 0 bridgehead atoms. The quantitative estimate of drug-likeness (QED) is 0.847. The van der Waals surface area contributed by atoms with Crippen LogP contribution in [0.25, 0.3) is 0 Å². The predicted molar refractivity (Wildman–Crippen MR) is 76.2 cm³/mol. The van der Waals surface area contributed by atoms with Gasteiger partial charge in [0.05, 0.1) is 16.4 Å². The molecule has 0 amide bonds. The highest BCUT2D eigenvalue weighted by molar-refractivity contribution is 9.10. The molecule has 3 nitrogen and oxygen atoms in total. The van der Waals surface area contributed by atoms with E-state index < -0.39 is 5.60 Å². The van der Waals surface area contributed by atoms with E-state index >= 15 is 0 Å². The minimum atomic E-state index is -0.715. The molecule has 0 radical (unpaired) electrons. The molecule has 0 saturated heterocycles. The van der Waals surface area contributed by atoms with Crippen molar-refractivity contribution in [3.63, 3.8) is 0 Å². The van der Waals surface area contributed by atoms with Gasteiger partial charge in [-0.15, -0.1) is 0 Å². The molecule has 0 spiro atoms. The standard InChI is InChI=1S/C14H23BrN2O/c1-10(2)11-5-4-7-14(18,8-6-11)13-12(15)9-16-17(13)3/h9-11,18H,4-8H2,1-3H3. The molecular formula is C14H23BrN2O. The summed E-state index contributed by atoms with van der Waals surface area (Å²) in [5.74, 6) is 1.45. The Morgan fingerprint density at radius 3 is 2.72 bits per heavy atom. The van der Waals surface area contributed by atoms with E-state index in [0.717, 1.165) is 41.8 Å². The van der Waals surface area contributed by atoms with Crippen molar-refractivity contribution in [2.75, 3.05) is 0 Å². The number of hydrogen-bond donors (Lipinski definition) is 1. The molecule has 1 aromatic rings. The van der Waals surface area contributed by atoms with Crippen LogP contribution in [0.2, 0.25) is 0 Å². The van der Waals surface area contributed by atoms with Crippen LogP contribution < -0.4 is 0 Å². The minimum absolute atomic E-state index is 0.710. The van der Waals surface area contributed by atoms with Gasteiger partial charge >= 0.3 is 0 Å². The topological polar surface area (TPSA) is 38.1 Å². The first-order valence-corrected chi connectivity index (χ1v) is 7.63. The maximum atomic E-state index is 11.0. The van der Waals surface area contributed by atoms with E-state index in [-0.39, 0.29) is 0 Å². The van der Waals surface area contributed by atoms with Crippen LogP contribution >= 0.6 is 15.9 Å². The highest BCUT2D eigenvalue weighted by Crippen LogP contribution is 2.41. The van der Waals surface area contributed by atoms with Gasteiger partial charge in [-0.3, -0.25) is 4.68 Å². The van der Waals surface area contributed by atoms with Crippen LogP contribution in [-0.4, -0.2) is 14.9 Å². The van der Waals surface area contributed by atoms with E-state index in [4.69, 9.17) is 0 Å². The lowest BCUT2D eigenvalue weighted by molar-refractivity contribution is 0.0106. The SMILES string of the molecule is CC(C)C1CCCC(O)(c2c(Br)cnn2C)CC1.